The third kappa shape index (κ3) is 2.02. The van der Waals surface area contributed by atoms with E-state index in [1.165, 1.54) is 0 Å². The van der Waals surface area contributed by atoms with Crippen LogP contribution in [0.3, 0.4) is 0 Å². The number of benzene rings is 1. The van der Waals surface area contributed by atoms with Crippen LogP contribution in [-0.4, -0.2) is 25.2 Å². The minimum absolute atomic E-state index is 0.0696. The second-order valence-corrected chi connectivity index (χ2v) is 3.71. The zero-order valence-corrected chi connectivity index (χ0v) is 9.45. The Morgan fingerprint density at radius 2 is 2.19 bits per heavy atom. The van der Waals surface area contributed by atoms with Gasteiger partial charge in [0.15, 0.2) is 17.3 Å². The van der Waals surface area contributed by atoms with Crippen molar-refractivity contribution in [2.75, 3.05) is 13.3 Å². The molecule has 1 aromatic carbocycles. The first kappa shape index (κ1) is 11.0. The molecule has 4 nitrogen and oxygen atoms in total. The molecule has 0 fully saturated rings. The Labute approximate surface area is 94.6 Å². The van der Waals surface area contributed by atoms with E-state index in [1.807, 2.05) is 13.8 Å². The molecule has 0 bridgehead atoms. The summed E-state index contributed by atoms with van der Waals surface area (Å²) >= 11 is 0. The topological polar surface area (TPSA) is 47.6 Å². The van der Waals surface area contributed by atoms with Gasteiger partial charge >= 0.3 is 0 Å². The van der Waals surface area contributed by atoms with Gasteiger partial charge in [0.2, 0.25) is 6.79 Å². The molecule has 86 valence electrons. The number of nitrogens with one attached hydrogen (secondary N) is 1. The van der Waals surface area contributed by atoms with E-state index >= 15 is 0 Å². The van der Waals surface area contributed by atoms with Crippen LogP contribution in [0, 0.1) is 0 Å². The Kier molecular flexibility index (Phi) is 3.10. The molecule has 1 N–H and O–H groups in total. The van der Waals surface area contributed by atoms with E-state index in [1.54, 1.807) is 18.2 Å². The summed E-state index contributed by atoms with van der Waals surface area (Å²) in [6.45, 7) is 4.84. The molecule has 2 rings (SSSR count). The van der Waals surface area contributed by atoms with Gasteiger partial charge in [-0.05, 0) is 31.7 Å². The normalized spacial score (nSPS) is 14.9. The molecule has 0 spiro atoms. The van der Waals surface area contributed by atoms with E-state index in [-0.39, 0.29) is 18.6 Å². The number of hydrogen-bond donors (Lipinski definition) is 1. The largest absolute Gasteiger partial charge is 0.454 e. The zero-order valence-electron chi connectivity index (χ0n) is 9.45. The van der Waals surface area contributed by atoms with Crippen LogP contribution in [-0.2, 0) is 0 Å². The molecule has 1 aromatic rings. The Morgan fingerprint density at radius 3 is 2.94 bits per heavy atom. The predicted octanol–water partition coefficient (Wildman–Crippen LogP) is 1.60. The third-order valence-corrected chi connectivity index (χ3v) is 2.56. The van der Waals surface area contributed by atoms with Crippen LogP contribution in [0.5, 0.6) is 11.5 Å². The van der Waals surface area contributed by atoms with Crippen molar-refractivity contribution in [3.63, 3.8) is 0 Å². The quantitative estimate of drug-likeness (QED) is 0.784. The van der Waals surface area contributed by atoms with Crippen LogP contribution in [0.25, 0.3) is 0 Å². The minimum Gasteiger partial charge on any atom is -0.454 e. The number of Topliss-reactive ketones (excluding diaryl/α,β-unsaturated/α-hetero) is 1. The summed E-state index contributed by atoms with van der Waals surface area (Å²) in [6, 6.07) is 5.10. The summed E-state index contributed by atoms with van der Waals surface area (Å²) in [4.78, 5) is 12.0. The molecule has 0 unspecified atom stereocenters. The van der Waals surface area contributed by atoms with Gasteiger partial charge in [0, 0.05) is 5.56 Å². The van der Waals surface area contributed by atoms with E-state index in [0.717, 1.165) is 6.54 Å². The maximum atomic E-state index is 12.0. The first-order valence-electron chi connectivity index (χ1n) is 5.39. The number of ether oxygens (including phenoxy) is 2. The fraction of sp³-hybridized carbons (Fsp3) is 0.417. The smallest absolute Gasteiger partial charge is 0.231 e. The molecule has 0 amide bonds. The molecule has 0 saturated heterocycles. The molecule has 1 aliphatic rings. The highest BCUT2D eigenvalue weighted by atomic mass is 16.7. The van der Waals surface area contributed by atoms with E-state index in [0.29, 0.717) is 17.1 Å². The van der Waals surface area contributed by atoms with Gasteiger partial charge in [-0.25, -0.2) is 0 Å². The van der Waals surface area contributed by atoms with Crippen molar-refractivity contribution in [1.29, 1.82) is 0 Å². The third-order valence-electron chi connectivity index (χ3n) is 2.56. The van der Waals surface area contributed by atoms with Crippen LogP contribution in [0.15, 0.2) is 18.2 Å². The Morgan fingerprint density at radius 1 is 1.44 bits per heavy atom. The van der Waals surface area contributed by atoms with Gasteiger partial charge in [0.25, 0.3) is 0 Å². The zero-order chi connectivity index (χ0) is 11.5. The predicted molar refractivity (Wildman–Crippen MR) is 60.0 cm³/mol. The van der Waals surface area contributed by atoms with Crippen molar-refractivity contribution >= 4 is 5.78 Å². The molecule has 4 heteroatoms. The number of rotatable bonds is 4. The molecule has 16 heavy (non-hydrogen) atoms. The molecular weight excluding hydrogens is 206 g/mol. The maximum absolute atomic E-state index is 12.0. The van der Waals surface area contributed by atoms with Crippen molar-refractivity contribution < 1.29 is 14.3 Å². The highest BCUT2D eigenvalue weighted by Gasteiger charge is 2.19. The Bertz CT molecular complexity index is 403. The average Bonchev–Trinajstić information content (AvgIpc) is 2.75. The van der Waals surface area contributed by atoms with Crippen LogP contribution >= 0.6 is 0 Å². The summed E-state index contributed by atoms with van der Waals surface area (Å²) in [5, 5.41) is 3.09. The lowest BCUT2D eigenvalue weighted by Crippen LogP contribution is -2.33. The van der Waals surface area contributed by atoms with Crippen molar-refractivity contribution in [2.45, 2.75) is 19.9 Å². The summed E-state index contributed by atoms with van der Waals surface area (Å²) in [7, 11) is 0. The van der Waals surface area contributed by atoms with E-state index in [9.17, 15) is 4.79 Å². The van der Waals surface area contributed by atoms with E-state index in [4.69, 9.17) is 9.47 Å². The second kappa shape index (κ2) is 4.53. The van der Waals surface area contributed by atoms with Crippen molar-refractivity contribution in [3.05, 3.63) is 23.8 Å². The molecule has 0 aliphatic carbocycles. The van der Waals surface area contributed by atoms with Gasteiger partial charge in [-0.15, -0.1) is 0 Å². The van der Waals surface area contributed by atoms with E-state index in [2.05, 4.69) is 5.32 Å². The van der Waals surface area contributed by atoms with Gasteiger partial charge < -0.3 is 14.8 Å². The van der Waals surface area contributed by atoms with Crippen LogP contribution in [0.1, 0.15) is 24.2 Å². The van der Waals surface area contributed by atoms with Crippen molar-refractivity contribution in [3.8, 4) is 11.5 Å². The molecule has 0 saturated carbocycles. The molecule has 1 aliphatic heterocycles. The van der Waals surface area contributed by atoms with Gasteiger partial charge in [-0.1, -0.05) is 6.92 Å². The lowest BCUT2D eigenvalue weighted by atomic mass is 10.0. The maximum Gasteiger partial charge on any atom is 0.231 e. The fourth-order valence-electron chi connectivity index (χ4n) is 1.70. The standard InChI is InChI=1S/C12H15NO3/c1-3-13-8(2)12(14)9-4-5-10-11(6-9)16-7-15-10/h4-6,8,13H,3,7H2,1-2H3/t8-/m0/s1. The molecule has 1 heterocycles. The number of hydrogen-bond acceptors (Lipinski definition) is 4. The average molecular weight is 221 g/mol. The first-order chi connectivity index (χ1) is 7.72. The van der Waals surface area contributed by atoms with Crippen molar-refractivity contribution in [1.82, 2.24) is 5.32 Å². The van der Waals surface area contributed by atoms with Crippen LogP contribution in [0.4, 0.5) is 0 Å². The number of carbonyl (C=O) groups is 1. The summed E-state index contributed by atoms with van der Waals surface area (Å²) in [6.07, 6.45) is 0. The lowest BCUT2D eigenvalue weighted by Gasteiger charge is -2.11. The molecule has 0 aromatic heterocycles. The van der Waals surface area contributed by atoms with Gasteiger partial charge in [0.05, 0.1) is 6.04 Å². The second-order valence-electron chi connectivity index (χ2n) is 3.71. The first-order valence-corrected chi connectivity index (χ1v) is 5.39. The molecular formula is C12H15NO3. The number of likely N-dealkylation sites (N-methyl/N-ethyl adjacent to an activating group) is 1. The fourth-order valence-corrected chi connectivity index (χ4v) is 1.70. The number of carbonyl (C=O) groups excluding carboxylic acids is 1. The van der Waals surface area contributed by atoms with Gasteiger partial charge in [-0.2, -0.15) is 0 Å². The van der Waals surface area contributed by atoms with Crippen LogP contribution < -0.4 is 14.8 Å². The summed E-state index contributed by atoms with van der Waals surface area (Å²) in [5.74, 6) is 1.42. The van der Waals surface area contributed by atoms with Crippen molar-refractivity contribution in [2.24, 2.45) is 0 Å². The monoisotopic (exact) mass is 221 g/mol. The van der Waals surface area contributed by atoms with E-state index < -0.39 is 0 Å². The lowest BCUT2D eigenvalue weighted by molar-refractivity contribution is 0.0951. The van der Waals surface area contributed by atoms with Gasteiger partial charge in [0.1, 0.15) is 0 Å². The SMILES string of the molecule is CCN[C@@H](C)C(=O)c1ccc2c(c1)OCO2. The molecule has 0 radical (unpaired) electrons. The summed E-state index contributed by atoms with van der Waals surface area (Å²) < 4.78 is 10.4. The van der Waals surface area contributed by atoms with Gasteiger partial charge in [-0.3, -0.25) is 4.79 Å². The summed E-state index contributed by atoms with van der Waals surface area (Å²) in [5.41, 5.74) is 0.651. The Hall–Kier alpha value is -1.55. The minimum atomic E-state index is -0.176. The highest BCUT2D eigenvalue weighted by Crippen LogP contribution is 2.32. The van der Waals surface area contributed by atoms with Crippen LogP contribution in [0.2, 0.25) is 0 Å². The number of ketones is 1. The molecule has 1 atom stereocenters. The highest BCUT2D eigenvalue weighted by molar-refractivity contribution is 6.00. The number of fused-ring (bicyclic) bond motifs is 1. The Balaban J connectivity index is 2.18.